The minimum absolute atomic E-state index is 0.447. The summed E-state index contributed by atoms with van der Waals surface area (Å²) in [5, 5.41) is 0. The van der Waals surface area contributed by atoms with Crippen molar-refractivity contribution in [2.24, 2.45) is 0 Å². The molecule has 3 heteroatoms. The van der Waals surface area contributed by atoms with Crippen molar-refractivity contribution in [1.82, 2.24) is 0 Å². The van der Waals surface area contributed by atoms with Gasteiger partial charge in [0.2, 0.25) is 0 Å². The summed E-state index contributed by atoms with van der Waals surface area (Å²) in [6, 6.07) is 14.2. The number of benzene rings is 2. The van der Waals surface area contributed by atoms with Gasteiger partial charge in [0.15, 0.2) is 0 Å². The summed E-state index contributed by atoms with van der Waals surface area (Å²) in [4.78, 5) is 0. The Kier molecular flexibility index (Phi) is 4.67. The molecule has 0 saturated carbocycles. The van der Waals surface area contributed by atoms with Crippen LogP contribution in [-0.2, 0) is 12.5 Å². The maximum absolute atomic E-state index is 5.91. The molecule has 18 heavy (non-hydrogen) atoms. The summed E-state index contributed by atoms with van der Waals surface area (Å²) < 4.78 is 6.82. The van der Waals surface area contributed by atoms with Crippen molar-refractivity contribution >= 4 is 27.5 Å². The minimum atomic E-state index is 0.447. The molecule has 0 radical (unpaired) electrons. The van der Waals surface area contributed by atoms with Gasteiger partial charge < -0.3 is 4.74 Å². The molecule has 0 unspecified atom stereocenters. The molecule has 0 bridgehead atoms. The van der Waals surface area contributed by atoms with Crippen LogP contribution in [0.15, 0.2) is 46.9 Å². The fourth-order valence-electron chi connectivity index (χ4n) is 1.64. The molecule has 0 aliphatic carbocycles. The van der Waals surface area contributed by atoms with Crippen LogP contribution in [0.4, 0.5) is 0 Å². The molecule has 2 aromatic carbocycles. The average Bonchev–Trinajstić information content (AvgIpc) is 2.39. The molecule has 0 aromatic heterocycles. The Morgan fingerprint density at radius 3 is 2.50 bits per heavy atom. The summed E-state index contributed by atoms with van der Waals surface area (Å²) in [5.74, 6) is 1.29. The van der Waals surface area contributed by atoms with E-state index in [1.807, 2.05) is 18.2 Å². The van der Waals surface area contributed by atoms with Gasteiger partial charge >= 0.3 is 0 Å². The van der Waals surface area contributed by atoms with Crippen molar-refractivity contribution in [2.45, 2.75) is 19.4 Å². The number of halogens is 2. The lowest BCUT2D eigenvalue weighted by molar-refractivity contribution is 0.304. The van der Waals surface area contributed by atoms with E-state index in [0.717, 1.165) is 21.3 Å². The van der Waals surface area contributed by atoms with Gasteiger partial charge in [-0.1, -0.05) is 45.8 Å². The van der Waals surface area contributed by atoms with Crippen molar-refractivity contribution in [1.29, 1.82) is 0 Å². The number of aryl methyl sites for hydroxylation is 1. The molecule has 0 heterocycles. The highest BCUT2D eigenvalue weighted by Gasteiger charge is 2.04. The summed E-state index contributed by atoms with van der Waals surface area (Å²) in [6.07, 6.45) is 0. The molecular formula is C15H14BrClO. The maximum atomic E-state index is 5.91. The van der Waals surface area contributed by atoms with E-state index < -0.39 is 0 Å². The van der Waals surface area contributed by atoms with E-state index in [-0.39, 0.29) is 0 Å². The fraction of sp³-hybridized carbons (Fsp3) is 0.200. The Morgan fingerprint density at radius 2 is 1.83 bits per heavy atom. The number of alkyl halides is 1. The first-order chi connectivity index (χ1) is 8.69. The van der Waals surface area contributed by atoms with E-state index in [4.69, 9.17) is 16.3 Å². The Hall–Kier alpha value is -0.990. The van der Waals surface area contributed by atoms with E-state index in [2.05, 4.69) is 47.1 Å². The van der Waals surface area contributed by atoms with Gasteiger partial charge in [-0.25, -0.2) is 0 Å². The van der Waals surface area contributed by atoms with E-state index >= 15 is 0 Å². The standard InChI is InChI=1S/C15H14BrClO/c1-11-2-4-12(5-3-11)10-18-15-7-6-14(16)8-13(15)9-17/h2-8H,9-10H2,1H3. The van der Waals surface area contributed by atoms with Crippen molar-refractivity contribution in [2.75, 3.05) is 0 Å². The molecule has 2 rings (SSSR count). The van der Waals surface area contributed by atoms with Crippen LogP contribution in [0.3, 0.4) is 0 Å². The minimum Gasteiger partial charge on any atom is -0.489 e. The van der Waals surface area contributed by atoms with Gasteiger partial charge in [0.1, 0.15) is 12.4 Å². The lowest BCUT2D eigenvalue weighted by Crippen LogP contribution is -1.98. The number of hydrogen-bond donors (Lipinski definition) is 0. The van der Waals surface area contributed by atoms with Crippen LogP contribution in [0.5, 0.6) is 5.75 Å². The van der Waals surface area contributed by atoms with Gasteiger partial charge in [-0.2, -0.15) is 0 Å². The van der Waals surface area contributed by atoms with Crippen LogP contribution in [0.1, 0.15) is 16.7 Å². The summed E-state index contributed by atoms with van der Waals surface area (Å²) in [5.41, 5.74) is 3.41. The van der Waals surface area contributed by atoms with Crippen LogP contribution in [0, 0.1) is 6.92 Å². The van der Waals surface area contributed by atoms with Gasteiger partial charge in [-0.05, 0) is 30.7 Å². The van der Waals surface area contributed by atoms with Crippen LogP contribution in [0.25, 0.3) is 0 Å². The Labute approximate surface area is 121 Å². The van der Waals surface area contributed by atoms with Gasteiger partial charge in [-0.15, -0.1) is 11.6 Å². The molecule has 2 aromatic rings. The maximum Gasteiger partial charge on any atom is 0.124 e. The van der Waals surface area contributed by atoms with Crippen molar-refractivity contribution in [3.63, 3.8) is 0 Å². The van der Waals surface area contributed by atoms with Gasteiger partial charge in [0.25, 0.3) is 0 Å². The molecule has 0 saturated heterocycles. The molecular weight excluding hydrogens is 312 g/mol. The number of rotatable bonds is 4. The van der Waals surface area contributed by atoms with Gasteiger partial charge in [-0.3, -0.25) is 0 Å². The Bertz CT molecular complexity index is 523. The molecule has 0 fully saturated rings. The highest BCUT2D eigenvalue weighted by Crippen LogP contribution is 2.25. The zero-order chi connectivity index (χ0) is 13.0. The molecule has 0 atom stereocenters. The van der Waals surface area contributed by atoms with Crippen molar-refractivity contribution in [3.8, 4) is 5.75 Å². The first kappa shape index (κ1) is 13.4. The summed E-state index contributed by atoms with van der Waals surface area (Å²) in [6.45, 7) is 2.64. The fourth-order valence-corrected chi connectivity index (χ4v) is 2.26. The SMILES string of the molecule is Cc1ccc(COc2ccc(Br)cc2CCl)cc1. The zero-order valence-electron chi connectivity index (χ0n) is 10.1. The van der Waals surface area contributed by atoms with E-state index in [1.54, 1.807) is 0 Å². The largest absolute Gasteiger partial charge is 0.489 e. The molecule has 94 valence electrons. The Morgan fingerprint density at radius 1 is 1.11 bits per heavy atom. The third-order valence-electron chi connectivity index (χ3n) is 2.68. The predicted octanol–water partition coefficient (Wildman–Crippen LogP) is 5.08. The van der Waals surface area contributed by atoms with Gasteiger partial charge in [0.05, 0.1) is 5.88 Å². The predicted molar refractivity (Wildman–Crippen MR) is 79.2 cm³/mol. The first-order valence-corrected chi connectivity index (χ1v) is 7.04. The molecule has 0 aliphatic rings. The highest BCUT2D eigenvalue weighted by atomic mass is 79.9. The van der Waals surface area contributed by atoms with Crippen molar-refractivity contribution < 1.29 is 4.74 Å². The topological polar surface area (TPSA) is 9.23 Å². The summed E-state index contributed by atoms with van der Waals surface area (Å²) in [7, 11) is 0. The van der Waals surface area contributed by atoms with Gasteiger partial charge in [0, 0.05) is 10.0 Å². The quantitative estimate of drug-likeness (QED) is 0.713. The molecule has 0 aliphatic heterocycles. The lowest BCUT2D eigenvalue weighted by atomic mass is 10.2. The number of hydrogen-bond acceptors (Lipinski definition) is 1. The lowest BCUT2D eigenvalue weighted by Gasteiger charge is -2.10. The normalized spacial score (nSPS) is 10.4. The highest BCUT2D eigenvalue weighted by molar-refractivity contribution is 9.10. The molecule has 0 spiro atoms. The van der Waals surface area contributed by atoms with Crippen LogP contribution < -0.4 is 4.74 Å². The summed E-state index contributed by atoms with van der Waals surface area (Å²) >= 11 is 9.33. The van der Waals surface area contributed by atoms with E-state index in [0.29, 0.717) is 12.5 Å². The number of ether oxygens (including phenoxy) is 1. The van der Waals surface area contributed by atoms with Crippen LogP contribution in [0.2, 0.25) is 0 Å². The smallest absolute Gasteiger partial charge is 0.124 e. The average molecular weight is 326 g/mol. The third-order valence-corrected chi connectivity index (χ3v) is 3.46. The van der Waals surface area contributed by atoms with Crippen LogP contribution in [-0.4, -0.2) is 0 Å². The third kappa shape index (κ3) is 3.50. The van der Waals surface area contributed by atoms with E-state index in [1.165, 1.54) is 5.56 Å². The second kappa shape index (κ2) is 6.26. The molecule has 0 amide bonds. The first-order valence-electron chi connectivity index (χ1n) is 5.72. The second-order valence-corrected chi connectivity index (χ2v) is 5.34. The van der Waals surface area contributed by atoms with Crippen LogP contribution >= 0.6 is 27.5 Å². The molecule has 1 nitrogen and oxygen atoms in total. The second-order valence-electron chi connectivity index (χ2n) is 4.16. The molecule has 0 N–H and O–H groups in total. The Balaban J connectivity index is 2.08. The van der Waals surface area contributed by atoms with E-state index in [9.17, 15) is 0 Å². The zero-order valence-corrected chi connectivity index (χ0v) is 12.5. The van der Waals surface area contributed by atoms with Crippen molar-refractivity contribution in [3.05, 3.63) is 63.6 Å². The monoisotopic (exact) mass is 324 g/mol.